The van der Waals surface area contributed by atoms with Crippen molar-refractivity contribution in [2.45, 2.75) is 51.6 Å². The topological polar surface area (TPSA) is 96.0 Å². The SMILES string of the molecule is CCC(C(=O)NCC(C)C)N(Cc1ccc(Cl)cc1)C(=O)CN(c1cccc(OC)c1)S(=O)(=O)c1ccc(C)cc1. The van der Waals surface area contributed by atoms with Crippen molar-refractivity contribution in [3.63, 3.8) is 0 Å². The lowest BCUT2D eigenvalue weighted by Gasteiger charge is -2.33. The quantitative estimate of drug-likeness (QED) is 0.283. The van der Waals surface area contributed by atoms with Crippen molar-refractivity contribution in [3.05, 3.63) is 88.9 Å². The third-order valence-electron chi connectivity index (χ3n) is 6.57. The Labute approximate surface area is 248 Å². The standard InChI is InChI=1S/C31H38ClN3O5S/c1-6-29(31(37)33-19-22(2)3)34(20-24-12-14-25(32)15-13-24)30(36)21-35(26-8-7-9-27(18-26)40-5)41(38,39)28-16-10-23(4)11-17-28/h7-18,22,29H,6,19-21H2,1-5H3,(H,33,37). The number of halogens is 1. The molecular weight excluding hydrogens is 562 g/mol. The van der Waals surface area contributed by atoms with E-state index in [-0.39, 0.29) is 29.0 Å². The van der Waals surface area contributed by atoms with E-state index in [0.717, 1.165) is 15.4 Å². The van der Waals surface area contributed by atoms with Gasteiger partial charge in [-0.2, -0.15) is 0 Å². The molecule has 0 heterocycles. The molecule has 0 fully saturated rings. The summed E-state index contributed by atoms with van der Waals surface area (Å²) in [5.41, 5.74) is 1.93. The highest BCUT2D eigenvalue weighted by Crippen LogP contribution is 2.28. The summed E-state index contributed by atoms with van der Waals surface area (Å²) in [7, 11) is -2.68. The van der Waals surface area contributed by atoms with Gasteiger partial charge in [0.05, 0.1) is 17.7 Å². The highest BCUT2D eigenvalue weighted by atomic mass is 35.5. The second kappa shape index (κ2) is 14.4. The maximum absolute atomic E-state index is 14.1. The fourth-order valence-electron chi connectivity index (χ4n) is 4.26. The number of benzene rings is 3. The molecule has 0 aliphatic carbocycles. The zero-order valence-corrected chi connectivity index (χ0v) is 25.7. The monoisotopic (exact) mass is 599 g/mol. The average molecular weight is 600 g/mol. The Morgan fingerprint density at radius 3 is 2.24 bits per heavy atom. The number of nitrogens with one attached hydrogen (secondary N) is 1. The van der Waals surface area contributed by atoms with Crippen molar-refractivity contribution in [2.75, 3.05) is 24.5 Å². The predicted octanol–water partition coefficient (Wildman–Crippen LogP) is 5.43. The molecule has 0 aliphatic heterocycles. The van der Waals surface area contributed by atoms with E-state index in [1.165, 1.54) is 24.1 Å². The summed E-state index contributed by atoms with van der Waals surface area (Å²) in [6.45, 7) is 7.69. The van der Waals surface area contributed by atoms with Crippen LogP contribution in [0, 0.1) is 12.8 Å². The van der Waals surface area contributed by atoms with Crippen LogP contribution in [-0.4, -0.2) is 51.4 Å². The second-order valence-corrected chi connectivity index (χ2v) is 12.5. The van der Waals surface area contributed by atoms with Crippen LogP contribution in [0.3, 0.4) is 0 Å². The molecule has 1 N–H and O–H groups in total. The molecule has 8 nitrogen and oxygen atoms in total. The van der Waals surface area contributed by atoms with Crippen molar-refractivity contribution >= 4 is 39.1 Å². The highest BCUT2D eigenvalue weighted by Gasteiger charge is 2.33. The minimum absolute atomic E-state index is 0.0460. The molecule has 0 saturated carbocycles. The van der Waals surface area contributed by atoms with Crippen LogP contribution >= 0.6 is 11.6 Å². The first-order chi connectivity index (χ1) is 19.5. The number of rotatable bonds is 13. The van der Waals surface area contributed by atoms with E-state index in [1.54, 1.807) is 60.7 Å². The third kappa shape index (κ3) is 8.47. The number of hydrogen-bond donors (Lipinski definition) is 1. The fraction of sp³-hybridized carbons (Fsp3) is 0.355. The van der Waals surface area contributed by atoms with E-state index in [1.807, 2.05) is 27.7 Å². The lowest BCUT2D eigenvalue weighted by molar-refractivity contribution is -0.140. The third-order valence-corrected chi connectivity index (χ3v) is 8.61. The van der Waals surface area contributed by atoms with E-state index >= 15 is 0 Å². The molecule has 0 aromatic heterocycles. The van der Waals surface area contributed by atoms with Crippen molar-refractivity contribution in [3.8, 4) is 5.75 Å². The second-order valence-electron chi connectivity index (χ2n) is 10.2. The van der Waals surface area contributed by atoms with Gasteiger partial charge in [0.2, 0.25) is 11.8 Å². The molecule has 2 amide bonds. The molecule has 0 saturated heterocycles. The van der Waals surface area contributed by atoms with E-state index in [2.05, 4.69) is 5.32 Å². The van der Waals surface area contributed by atoms with Crippen LogP contribution in [0.5, 0.6) is 5.75 Å². The molecule has 1 atom stereocenters. The summed E-state index contributed by atoms with van der Waals surface area (Å²) in [5.74, 6) is -0.153. The molecule has 0 bridgehead atoms. The number of hydrogen-bond acceptors (Lipinski definition) is 5. The minimum atomic E-state index is -4.16. The lowest BCUT2D eigenvalue weighted by atomic mass is 10.1. The first-order valence-corrected chi connectivity index (χ1v) is 15.3. The maximum atomic E-state index is 14.1. The molecule has 3 aromatic carbocycles. The molecule has 1 unspecified atom stereocenters. The van der Waals surface area contributed by atoms with Gasteiger partial charge >= 0.3 is 0 Å². The predicted molar refractivity (Wildman–Crippen MR) is 163 cm³/mol. The Kier molecular flexibility index (Phi) is 11.2. The van der Waals surface area contributed by atoms with Crippen LogP contribution in [-0.2, 0) is 26.2 Å². The summed E-state index contributed by atoms with van der Waals surface area (Å²) in [4.78, 5) is 28.9. The Hall–Kier alpha value is -3.56. The molecule has 0 aliphatic rings. The largest absolute Gasteiger partial charge is 0.497 e. The molecular formula is C31H38ClN3O5S. The Morgan fingerprint density at radius 2 is 1.66 bits per heavy atom. The summed E-state index contributed by atoms with van der Waals surface area (Å²) >= 11 is 6.07. The van der Waals surface area contributed by atoms with Gasteiger partial charge in [-0.3, -0.25) is 13.9 Å². The molecule has 0 spiro atoms. The lowest BCUT2D eigenvalue weighted by Crippen LogP contribution is -2.52. The first-order valence-electron chi connectivity index (χ1n) is 13.5. The highest BCUT2D eigenvalue weighted by molar-refractivity contribution is 7.92. The van der Waals surface area contributed by atoms with Crippen molar-refractivity contribution in [1.82, 2.24) is 10.2 Å². The number of nitrogens with zero attached hydrogens (tertiary/aromatic N) is 2. The Bertz CT molecular complexity index is 1430. The van der Waals surface area contributed by atoms with E-state index in [4.69, 9.17) is 16.3 Å². The van der Waals surface area contributed by atoms with E-state index in [9.17, 15) is 18.0 Å². The van der Waals surface area contributed by atoms with Gasteiger partial charge < -0.3 is 15.0 Å². The number of ether oxygens (including phenoxy) is 1. The molecule has 0 radical (unpaired) electrons. The van der Waals surface area contributed by atoms with Gasteiger partial charge in [0, 0.05) is 24.2 Å². The summed E-state index contributed by atoms with van der Waals surface area (Å²) in [5, 5.41) is 3.47. The van der Waals surface area contributed by atoms with Crippen LogP contribution < -0.4 is 14.4 Å². The summed E-state index contributed by atoms with van der Waals surface area (Å²) in [6, 6.07) is 19.1. The van der Waals surface area contributed by atoms with E-state index < -0.39 is 28.5 Å². The van der Waals surface area contributed by atoms with E-state index in [0.29, 0.717) is 23.7 Å². The van der Waals surface area contributed by atoms with Crippen LogP contribution in [0.25, 0.3) is 0 Å². The molecule has 10 heteroatoms. The van der Waals surface area contributed by atoms with Gasteiger partial charge in [-0.15, -0.1) is 0 Å². The number of methoxy groups -OCH3 is 1. The molecule has 41 heavy (non-hydrogen) atoms. The van der Waals surface area contributed by atoms with Gasteiger partial charge in [0.1, 0.15) is 18.3 Å². The minimum Gasteiger partial charge on any atom is -0.497 e. The van der Waals surface area contributed by atoms with Crippen molar-refractivity contribution < 1.29 is 22.7 Å². The molecule has 3 aromatic rings. The smallest absolute Gasteiger partial charge is 0.264 e. The number of carbonyl (C=O) groups is 2. The first kappa shape index (κ1) is 32.0. The van der Waals surface area contributed by atoms with Gasteiger partial charge in [-0.25, -0.2) is 8.42 Å². The van der Waals surface area contributed by atoms with Crippen molar-refractivity contribution in [2.24, 2.45) is 5.92 Å². The number of sulfonamides is 1. The number of anilines is 1. The van der Waals surface area contributed by atoms with Crippen LogP contribution in [0.4, 0.5) is 5.69 Å². The maximum Gasteiger partial charge on any atom is 0.264 e. The van der Waals surface area contributed by atoms with Crippen LogP contribution in [0.2, 0.25) is 5.02 Å². The molecule has 220 valence electrons. The van der Waals surface area contributed by atoms with Gasteiger partial charge in [-0.05, 0) is 61.2 Å². The fourth-order valence-corrected chi connectivity index (χ4v) is 5.79. The van der Waals surface area contributed by atoms with Crippen LogP contribution in [0.15, 0.2) is 77.7 Å². The van der Waals surface area contributed by atoms with Crippen molar-refractivity contribution in [1.29, 1.82) is 0 Å². The van der Waals surface area contributed by atoms with Gasteiger partial charge in [0.15, 0.2) is 0 Å². The average Bonchev–Trinajstić information content (AvgIpc) is 2.95. The van der Waals surface area contributed by atoms with Gasteiger partial charge in [-0.1, -0.05) is 68.3 Å². The zero-order valence-electron chi connectivity index (χ0n) is 24.1. The molecule has 3 rings (SSSR count). The number of amides is 2. The normalized spacial score (nSPS) is 12.1. The Morgan fingerprint density at radius 1 is 1.00 bits per heavy atom. The Balaban J connectivity index is 2.06. The summed E-state index contributed by atoms with van der Waals surface area (Å²) < 4.78 is 34.3. The summed E-state index contributed by atoms with van der Waals surface area (Å²) in [6.07, 6.45) is 0.340. The number of carbonyl (C=O) groups excluding carboxylic acids is 2. The van der Waals surface area contributed by atoms with Crippen LogP contribution in [0.1, 0.15) is 38.3 Å². The number of aryl methyl sites for hydroxylation is 1. The zero-order chi connectivity index (χ0) is 30.2. The van der Waals surface area contributed by atoms with Gasteiger partial charge in [0.25, 0.3) is 10.0 Å².